The van der Waals surface area contributed by atoms with Crippen molar-refractivity contribution in [3.63, 3.8) is 0 Å². The Morgan fingerprint density at radius 3 is 2.32 bits per heavy atom. The number of benzene rings is 3. The Hall–Kier alpha value is -3.67. The van der Waals surface area contributed by atoms with Gasteiger partial charge < -0.3 is 10.1 Å². The Morgan fingerprint density at radius 1 is 0.893 bits per heavy atom. The molecule has 0 aliphatic rings. The van der Waals surface area contributed by atoms with Gasteiger partial charge in [-0.15, -0.1) is 0 Å². The molecule has 6 heteroatoms. The van der Waals surface area contributed by atoms with E-state index in [4.69, 9.17) is 4.74 Å². The number of hydrogen-bond donors (Lipinski definition) is 2. The molecule has 142 valence electrons. The van der Waals surface area contributed by atoms with Crippen LogP contribution in [0, 0.1) is 0 Å². The minimum absolute atomic E-state index is 0.0118. The number of amides is 3. The standard InChI is InChI=1S/C22H20N2O4/c1-23-22(27)24-21(26)20(16-9-3-2-4-10-16)28-19(25)14-17-12-7-11-15-8-5-6-13-18(15)17/h2-13,20H,14H2,1H3,(H2,23,24,26,27)/t20-/m1/s1. The summed E-state index contributed by atoms with van der Waals surface area (Å²) in [6.45, 7) is 0. The summed E-state index contributed by atoms with van der Waals surface area (Å²) >= 11 is 0. The first-order valence-electron chi connectivity index (χ1n) is 8.82. The lowest BCUT2D eigenvalue weighted by Gasteiger charge is -2.18. The van der Waals surface area contributed by atoms with Crippen LogP contribution in [-0.4, -0.2) is 25.0 Å². The van der Waals surface area contributed by atoms with Crippen molar-refractivity contribution in [2.45, 2.75) is 12.5 Å². The van der Waals surface area contributed by atoms with Gasteiger partial charge in [-0.25, -0.2) is 4.79 Å². The Morgan fingerprint density at radius 2 is 1.57 bits per heavy atom. The lowest BCUT2D eigenvalue weighted by molar-refractivity contribution is -0.155. The SMILES string of the molecule is CNC(=O)NC(=O)[C@H](OC(=O)Cc1cccc2ccccc12)c1ccccc1. The maximum atomic E-state index is 12.6. The fourth-order valence-electron chi connectivity index (χ4n) is 2.92. The number of ether oxygens (including phenoxy) is 1. The Kier molecular flexibility index (Phi) is 6.01. The van der Waals surface area contributed by atoms with Gasteiger partial charge >= 0.3 is 12.0 Å². The molecule has 0 fully saturated rings. The molecule has 0 unspecified atom stereocenters. The highest BCUT2D eigenvalue weighted by Crippen LogP contribution is 2.22. The molecule has 3 amide bonds. The number of fused-ring (bicyclic) bond motifs is 1. The van der Waals surface area contributed by atoms with E-state index < -0.39 is 24.0 Å². The van der Waals surface area contributed by atoms with Crippen molar-refractivity contribution in [1.82, 2.24) is 10.6 Å². The zero-order valence-electron chi connectivity index (χ0n) is 15.3. The monoisotopic (exact) mass is 376 g/mol. The molecule has 0 spiro atoms. The summed E-state index contributed by atoms with van der Waals surface area (Å²) in [7, 11) is 1.40. The average molecular weight is 376 g/mol. The van der Waals surface area contributed by atoms with Gasteiger partial charge in [0.05, 0.1) is 6.42 Å². The normalized spacial score (nSPS) is 11.5. The fraction of sp³-hybridized carbons (Fsp3) is 0.136. The Labute approximate surface area is 162 Å². The molecule has 1 atom stereocenters. The number of rotatable bonds is 5. The van der Waals surface area contributed by atoms with E-state index in [0.717, 1.165) is 16.3 Å². The second-order valence-electron chi connectivity index (χ2n) is 6.16. The highest BCUT2D eigenvalue weighted by atomic mass is 16.5. The molecule has 0 aliphatic heterocycles. The van der Waals surface area contributed by atoms with Gasteiger partial charge in [0.25, 0.3) is 5.91 Å². The molecular formula is C22H20N2O4. The predicted molar refractivity (Wildman–Crippen MR) is 106 cm³/mol. The van der Waals surface area contributed by atoms with Crippen molar-refractivity contribution in [1.29, 1.82) is 0 Å². The van der Waals surface area contributed by atoms with E-state index in [-0.39, 0.29) is 6.42 Å². The van der Waals surface area contributed by atoms with Crippen LogP contribution in [0.1, 0.15) is 17.2 Å². The second-order valence-corrected chi connectivity index (χ2v) is 6.16. The third-order valence-electron chi connectivity index (χ3n) is 4.27. The number of carbonyl (C=O) groups excluding carboxylic acids is 3. The molecular weight excluding hydrogens is 356 g/mol. The summed E-state index contributed by atoms with van der Waals surface area (Å²) in [6, 6.07) is 21.3. The summed E-state index contributed by atoms with van der Waals surface area (Å²) in [5.41, 5.74) is 1.29. The van der Waals surface area contributed by atoms with Gasteiger partial charge in [-0.3, -0.25) is 14.9 Å². The lowest BCUT2D eigenvalue weighted by Crippen LogP contribution is -2.41. The molecule has 28 heavy (non-hydrogen) atoms. The molecule has 3 rings (SSSR count). The molecule has 6 nitrogen and oxygen atoms in total. The molecule has 3 aromatic rings. The minimum atomic E-state index is -1.22. The molecule has 2 N–H and O–H groups in total. The molecule has 3 aromatic carbocycles. The number of imide groups is 1. The zero-order valence-corrected chi connectivity index (χ0v) is 15.3. The molecule has 0 aliphatic carbocycles. The van der Waals surface area contributed by atoms with Gasteiger partial charge in [-0.1, -0.05) is 72.8 Å². The largest absolute Gasteiger partial charge is 0.447 e. The first kappa shape index (κ1) is 19.1. The van der Waals surface area contributed by atoms with Gasteiger partial charge in [0.1, 0.15) is 0 Å². The predicted octanol–water partition coefficient (Wildman–Crippen LogP) is 3.12. The lowest BCUT2D eigenvalue weighted by atomic mass is 10.0. The van der Waals surface area contributed by atoms with E-state index in [1.54, 1.807) is 30.3 Å². The van der Waals surface area contributed by atoms with Crippen molar-refractivity contribution in [3.8, 4) is 0 Å². The van der Waals surface area contributed by atoms with Gasteiger partial charge in [0, 0.05) is 12.6 Å². The van der Waals surface area contributed by atoms with E-state index in [9.17, 15) is 14.4 Å². The van der Waals surface area contributed by atoms with Crippen LogP contribution in [0.2, 0.25) is 0 Å². The van der Waals surface area contributed by atoms with Crippen LogP contribution in [0.5, 0.6) is 0 Å². The van der Waals surface area contributed by atoms with Crippen LogP contribution in [0.15, 0.2) is 72.8 Å². The second kappa shape index (κ2) is 8.81. The summed E-state index contributed by atoms with van der Waals surface area (Å²) in [4.78, 5) is 36.6. The van der Waals surface area contributed by atoms with E-state index in [1.165, 1.54) is 7.05 Å². The number of esters is 1. The number of nitrogens with one attached hydrogen (secondary N) is 2. The first-order chi connectivity index (χ1) is 13.6. The minimum Gasteiger partial charge on any atom is -0.447 e. The van der Waals surface area contributed by atoms with Gasteiger partial charge in [-0.05, 0) is 16.3 Å². The molecule has 0 bridgehead atoms. The Bertz CT molecular complexity index is 996. The molecule has 0 heterocycles. The van der Waals surface area contributed by atoms with Crippen LogP contribution in [0.4, 0.5) is 4.79 Å². The summed E-state index contributed by atoms with van der Waals surface area (Å²) in [5.74, 6) is -1.27. The Balaban J connectivity index is 1.81. The van der Waals surface area contributed by atoms with Crippen molar-refractivity contribution < 1.29 is 19.1 Å². The smallest absolute Gasteiger partial charge is 0.321 e. The highest BCUT2D eigenvalue weighted by molar-refractivity contribution is 5.98. The zero-order chi connectivity index (χ0) is 19.9. The van der Waals surface area contributed by atoms with Gasteiger partial charge in [0.2, 0.25) is 6.10 Å². The average Bonchev–Trinajstić information content (AvgIpc) is 2.72. The first-order valence-corrected chi connectivity index (χ1v) is 8.82. The number of carbonyl (C=O) groups is 3. The summed E-state index contributed by atoms with van der Waals surface area (Å²) in [6.07, 6.45) is -1.21. The molecule has 0 aromatic heterocycles. The van der Waals surface area contributed by atoms with E-state index in [2.05, 4.69) is 10.6 Å². The summed E-state index contributed by atoms with van der Waals surface area (Å²) in [5, 5.41) is 6.44. The van der Waals surface area contributed by atoms with Crippen LogP contribution < -0.4 is 10.6 Å². The summed E-state index contributed by atoms with van der Waals surface area (Å²) < 4.78 is 5.47. The van der Waals surface area contributed by atoms with Crippen LogP contribution in [0.3, 0.4) is 0 Å². The van der Waals surface area contributed by atoms with Crippen LogP contribution in [-0.2, 0) is 20.7 Å². The third kappa shape index (κ3) is 4.54. The van der Waals surface area contributed by atoms with Gasteiger partial charge in [0.15, 0.2) is 0 Å². The molecule has 0 saturated carbocycles. The van der Waals surface area contributed by atoms with E-state index in [0.29, 0.717) is 5.56 Å². The van der Waals surface area contributed by atoms with Crippen molar-refractivity contribution in [2.75, 3.05) is 7.05 Å². The highest BCUT2D eigenvalue weighted by Gasteiger charge is 2.26. The molecule has 0 saturated heterocycles. The van der Waals surface area contributed by atoms with Crippen molar-refractivity contribution in [2.24, 2.45) is 0 Å². The maximum Gasteiger partial charge on any atom is 0.321 e. The molecule has 0 radical (unpaired) electrons. The topological polar surface area (TPSA) is 84.5 Å². The number of urea groups is 1. The maximum absolute atomic E-state index is 12.6. The quantitative estimate of drug-likeness (QED) is 0.670. The van der Waals surface area contributed by atoms with Crippen molar-refractivity contribution >= 4 is 28.7 Å². The van der Waals surface area contributed by atoms with Crippen LogP contribution >= 0.6 is 0 Å². The van der Waals surface area contributed by atoms with E-state index >= 15 is 0 Å². The van der Waals surface area contributed by atoms with Crippen molar-refractivity contribution in [3.05, 3.63) is 83.9 Å². The fourth-order valence-corrected chi connectivity index (χ4v) is 2.92. The number of hydrogen-bond acceptors (Lipinski definition) is 4. The van der Waals surface area contributed by atoms with Gasteiger partial charge in [-0.2, -0.15) is 0 Å². The van der Waals surface area contributed by atoms with E-state index in [1.807, 2.05) is 42.5 Å². The third-order valence-corrected chi connectivity index (χ3v) is 4.27. The van der Waals surface area contributed by atoms with Crippen LogP contribution in [0.25, 0.3) is 10.8 Å².